The second kappa shape index (κ2) is 6.36. The van der Waals surface area contributed by atoms with Crippen LogP contribution in [0.15, 0.2) is 24.3 Å². The lowest BCUT2D eigenvalue weighted by molar-refractivity contribution is -0.132. The summed E-state index contributed by atoms with van der Waals surface area (Å²) in [5.41, 5.74) is 0.725. The van der Waals surface area contributed by atoms with Gasteiger partial charge in [-0.2, -0.15) is 0 Å². The molecule has 1 fully saturated rings. The predicted molar refractivity (Wildman–Crippen MR) is 80.9 cm³/mol. The van der Waals surface area contributed by atoms with Gasteiger partial charge in [-0.25, -0.2) is 0 Å². The van der Waals surface area contributed by atoms with E-state index in [0.717, 1.165) is 25.1 Å². The van der Waals surface area contributed by atoms with Crippen LogP contribution in [0.2, 0.25) is 0 Å². The summed E-state index contributed by atoms with van der Waals surface area (Å²) in [5.74, 6) is 0.231. The number of para-hydroxylation sites is 2. The van der Waals surface area contributed by atoms with Crippen LogP contribution in [0.1, 0.15) is 19.3 Å². The number of rotatable bonds is 4. The Morgan fingerprint density at radius 3 is 3.00 bits per heavy atom. The zero-order chi connectivity index (χ0) is 15.5. The van der Waals surface area contributed by atoms with E-state index in [1.807, 2.05) is 18.2 Å². The van der Waals surface area contributed by atoms with Crippen LogP contribution in [0, 0.1) is 0 Å². The summed E-state index contributed by atoms with van der Waals surface area (Å²) in [5, 5.41) is 2.82. The monoisotopic (exact) mass is 304 g/mol. The third-order valence-corrected chi connectivity index (χ3v) is 4.02. The topological polar surface area (TPSA) is 67.9 Å². The molecule has 1 aromatic rings. The van der Waals surface area contributed by atoms with Crippen molar-refractivity contribution < 1.29 is 19.1 Å². The number of fused-ring (bicyclic) bond motifs is 1. The third kappa shape index (κ3) is 3.06. The predicted octanol–water partition coefficient (Wildman–Crippen LogP) is 1.10. The van der Waals surface area contributed by atoms with E-state index in [0.29, 0.717) is 12.3 Å². The molecule has 6 nitrogen and oxygen atoms in total. The average Bonchev–Trinajstić information content (AvgIpc) is 3.04. The minimum absolute atomic E-state index is 0.0181. The van der Waals surface area contributed by atoms with E-state index in [-0.39, 0.29) is 24.3 Å². The van der Waals surface area contributed by atoms with E-state index in [1.165, 1.54) is 4.90 Å². The Morgan fingerprint density at radius 2 is 2.23 bits per heavy atom. The number of benzene rings is 1. The fourth-order valence-electron chi connectivity index (χ4n) is 2.77. The van der Waals surface area contributed by atoms with Crippen molar-refractivity contribution >= 4 is 17.5 Å². The van der Waals surface area contributed by atoms with Crippen molar-refractivity contribution in [3.63, 3.8) is 0 Å². The Hall–Kier alpha value is -2.08. The van der Waals surface area contributed by atoms with Crippen LogP contribution < -0.4 is 15.0 Å². The summed E-state index contributed by atoms with van der Waals surface area (Å²) in [6.45, 7) is 1.25. The first kappa shape index (κ1) is 14.8. The summed E-state index contributed by atoms with van der Waals surface area (Å²) >= 11 is 0. The molecule has 2 amide bonds. The molecule has 1 N–H and O–H groups in total. The molecule has 0 aliphatic carbocycles. The number of carbonyl (C=O) groups is 2. The lowest BCUT2D eigenvalue weighted by atomic mass is 10.1. The molecule has 0 radical (unpaired) electrons. The molecule has 1 saturated heterocycles. The smallest absolute Gasteiger partial charge is 0.268 e. The highest BCUT2D eigenvalue weighted by atomic mass is 16.5. The van der Waals surface area contributed by atoms with Crippen molar-refractivity contribution in [2.24, 2.45) is 0 Å². The average molecular weight is 304 g/mol. The van der Waals surface area contributed by atoms with Gasteiger partial charge in [0.15, 0.2) is 6.10 Å². The molecule has 0 aromatic heterocycles. The van der Waals surface area contributed by atoms with E-state index in [9.17, 15) is 9.59 Å². The Morgan fingerprint density at radius 1 is 1.41 bits per heavy atom. The molecule has 118 valence electrons. The lowest BCUT2D eigenvalue weighted by Gasteiger charge is -2.31. The van der Waals surface area contributed by atoms with E-state index in [2.05, 4.69) is 5.32 Å². The zero-order valence-electron chi connectivity index (χ0n) is 12.6. The molecule has 1 aromatic carbocycles. The number of nitrogens with zero attached hydrogens (tertiary/aromatic N) is 1. The molecule has 0 spiro atoms. The maximum absolute atomic E-state index is 12.3. The summed E-state index contributed by atoms with van der Waals surface area (Å²) in [6.07, 6.45) is 1.34. The first-order valence-corrected chi connectivity index (χ1v) is 7.56. The lowest BCUT2D eigenvalue weighted by Crippen LogP contribution is -2.46. The fourth-order valence-corrected chi connectivity index (χ4v) is 2.77. The van der Waals surface area contributed by atoms with Gasteiger partial charge in [-0.3, -0.25) is 9.59 Å². The first-order chi connectivity index (χ1) is 10.6. The fraction of sp³-hybridized carbons (Fsp3) is 0.500. The van der Waals surface area contributed by atoms with Gasteiger partial charge in [-0.05, 0) is 25.0 Å². The standard InChI is InChI=1S/C16H20N2O4/c1-18-12-6-2-3-7-13(12)22-14(16(18)20)9-15(19)17-10-11-5-4-8-21-11/h2-3,6-7,11,14H,4-5,8-10H2,1H3,(H,17,19). The van der Waals surface area contributed by atoms with Crippen LogP contribution in [-0.2, 0) is 14.3 Å². The maximum atomic E-state index is 12.3. The van der Waals surface area contributed by atoms with Crippen LogP contribution in [0.5, 0.6) is 5.75 Å². The molecular weight excluding hydrogens is 284 g/mol. The van der Waals surface area contributed by atoms with E-state index < -0.39 is 6.10 Å². The van der Waals surface area contributed by atoms with E-state index >= 15 is 0 Å². The Kier molecular flexibility index (Phi) is 4.29. The van der Waals surface area contributed by atoms with Crippen molar-refractivity contribution in [1.82, 2.24) is 5.32 Å². The van der Waals surface area contributed by atoms with Gasteiger partial charge in [0, 0.05) is 20.2 Å². The minimum atomic E-state index is -0.774. The number of ether oxygens (including phenoxy) is 2. The van der Waals surface area contributed by atoms with Crippen molar-refractivity contribution in [3.8, 4) is 5.75 Å². The number of hydrogen-bond acceptors (Lipinski definition) is 4. The summed E-state index contributed by atoms with van der Waals surface area (Å²) in [4.78, 5) is 25.8. The molecule has 2 atom stereocenters. The van der Waals surface area contributed by atoms with Crippen molar-refractivity contribution in [3.05, 3.63) is 24.3 Å². The number of likely N-dealkylation sites (N-methyl/N-ethyl adjacent to an activating group) is 1. The van der Waals surface area contributed by atoms with Crippen molar-refractivity contribution in [2.45, 2.75) is 31.5 Å². The second-order valence-electron chi connectivity index (χ2n) is 5.61. The Labute approximate surface area is 129 Å². The summed E-state index contributed by atoms with van der Waals surface area (Å²) in [7, 11) is 1.70. The molecular formula is C16H20N2O4. The number of amides is 2. The highest BCUT2D eigenvalue weighted by molar-refractivity contribution is 6.01. The Bertz CT molecular complexity index is 569. The molecule has 0 saturated carbocycles. The summed E-state index contributed by atoms with van der Waals surface area (Å²) < 4.78 is 11.1. The molecule has 2 unspecified atom stereocenters. The van der Waals surface area contributed by atoms with E-state index in [4.69, 9.17) is 9.47 Å². The van der Waals surface area contributed by atoms with Crippen LogP contribution in [0.3, 0.4) is 0 Å². The van der Waals surface area contributed by atoms with E-state index in [1.54, 1.807) is 13.1 Å². The SMILES string of the molecule is CN1C(=O)C(CC(=O)NCC2CCCO2)Oc2ccccc21. The van der Waals surface area contributed by atoms with Crippen molar-refractivity contribution in [1.29, 1.82) is 0 Å². The third-order valence-electron chi connectivity index (χ3n) is 4.02. The van der Waals surface area contributed by atoms with Crippen LogP contribution in [0.25, 0.3) is 0 Å². The van der Waals surface area contributed by atoms with Gasteiger partial charge in [0.25, 0.3) is 5.91 Å². The van der Waals surface area contributed by atoms with Gasteiger partial charge in [0.2, 0.25) is 5.91 Å². The zero-order valence-corrected chi connectivity index (χ0v) is 12.6. The van der Waals surface area contributed by atoms with Gasteiger partial charge >= 0.3 is 0 Å². The second-order valence-corrected chi connectivity index (χ2v) is 5.61. The van der Waals surface area contributed by atoms with Gasteiger partial charge in [0.1, 0.15) is 5.75 Å². The molecule has 0 bridgehead atoms. The normalized spacial score (nSPS) is 23.9. The van der Waals surface area contributed by atoms with Gasteiger partial charge in [0.05, 0.1) is 18.2 Å². The van der Waals surface area contributed by atoms with Gasteiger partial charge in [-0.1, -0.05) is 12.1 Å². The molecule has 6 heteroatoms. The quantitative estimate of drug-likeness (QED) is 0.904. The van der Waals surface area contributed by atoms with Crippen LogP contribution in [0.4, 0.5) is 5.69 Å². The molecule has 22 heavy (non-hydrogen) atoms. The number of anilines is 1. The maximum Gasteiger partial charge on any atom is 0.268 e. The van der Waals surface area contributed by atoms with Gasteiger partial charge in [-0.15, -0.1) is 0 Å². The number of carbonyl (C=O) groups excluding carboxylic acids is 2. The highest BCUT2D eigenvalue weighted by Crippen LogP contribution is 2.33. The largest absolute Gasteiger partial charge is 0.478 e. The molecule has 3 rings (SSSR count). The molecule has 2 heterocycles. The first-order valence-electron chi connectivity index (χ1n) is 7.56. The van der Waals surface area contributed by atoms with Crippen LogP contribution in [-0.4, -0.2) is 44.2 Å². The molecule has 2 aliphatic rings. The van der Waals surface area contributed by atoms with Gasteiger partial charge < -0.3 is 19.7 Å². The number of nitrogens with one attached hydrogen (secondary N) is 1. The number of hydrogen-bond donors (Lipinski definition) is 1. The van der Waals surface area contributed by atoms with Crippen LogP contribution >= 0.6 is 0 Å². The summed E-state index contributed by atoms with van der Waals surface area (Å²) in [6, 6.07) is 7.31. The molecule has 2 aliphatic heterocycles. The minimum Gasteiger partial charge on any atom is -0.478 e. The van der Waals surface area contributed by atoms with Crippen molar-refractivity contribution in [2.75, 3.05) is 25.1 Å². The highest BCUT2D eigenvalue weighted by Gasteiger charge is 2.33. The Balaban J connectivity index is 1.58.